The molecule has 0 spiro atoms. The molecule has 1 aliphatic rings. The zero-order valence-corrected chi connectivity index (χ0v) is 17.4. The Balaban J connectivity index is 1.54. The molecule has 0 saturated carbocycles. The Kier molecular flexibility index (Phi) is 6.74. The summed E-state index contributed by atoms with van der Waals surface area (Å²) in [4.78, 5) is 12.1. The third-order valence-electron chi connectivity index (χ3n) is 4.31. The standard InChI is InChI=1S/C21H21ClN2O4S/c1-23-29(26,27)14-16-4-2-15(3-5-16)12-24-21(25)9-6-17-10-18-11-19(22)7-8-20(18)28-13-17/h2-11,23H,12-14H2,1H3,(H,24,25)/b9-6+. The molecule has 0 aliphatic carbocycles. The number of nitrogens with one attached hydrogen (secondary N) is 2. The van der Waals surface area contributed by atoms with Gasteiger partial charge in [-0.25, -0.2) is 13.1 Å². The quantitative estimate of drug-likeness (QED) is 0.658. The number of hydrogen-bond acceptors (Lipinski definition) is 4. The lowest BCUT2D eigenvalue weighted by Gasteiger charge is -2.16. The van der Waals surface area contributed by atoms with Gasteiger partial charge in [-0.05, 0) is 48.0 Å². The lowest BCUT2D eigenvalue weighted by Crippen LogP contribution is -2.21. The maximum atomic E-state index is 12.1. The van der Waals surface area contributed by atoms with E-state index in [0.717, 1.165) is 22.4 Å². The molecular formula is C21H21ClN2O4S. The second-order valence-corrected chi connectivity index (χ2v) is 8.88. The van der Waals surface area contributed by atoms with E-state index >= 15 is 0 Å². The van der Waals surface area contributed by atoms with E-state index in [4.69, 9.17) is 16.3 Å². The SMILES string of the molecule is CNS(=O)(=O)Cc1ccc(CNC(=O)/C=C/C2=Cc3cc(Cl)ccc3OC2)cc1. The maximum absolute atomic E-state index is 12.1. The van der Waals surface area contributed by atoms with Crippen LogP contribution in [-0.2, 0) is 27.1 Å². The highest BCUT2D eigenvalue weighted by molar-refractivity contribution is 7.88. The summed E-state index contributed by atoms with van der Waals surface area (Å²) in [7, 11) is -1.92. The van der Waals surface area contributed by atoms with E-state index in [1.807, 2.05) is 18.2 Å². The van der Waals surface area contributed by atoms with Crippen LogP contribution < -0.4 is 14.8 Å². The summed E-state index contributed by atoms with van der Waals surface area (Å²) in [5.41, 5.74) is 3.30. The van der Waals surface area contributed by atoms with Crippen LogP contribution in [0, 0.1) is 0 Å². The lowest BCUT2D eigenvalue weighted by molar-refractivity contribution is -0.116. The molecule has 1 heterocycles. The molecule has 8 heteroatoms. The Morgan fingerprint density at radius 1 is 1.17 bits per heavy atom. The molecule has 0 fully saturated rings. The normalized spacial score (nSPS) is 13.5. The highest BCUT2D eigenvalue weighted by atomic mass is 35.5. The van der Waals surface area contributed by atoms with Crippen molar-refractivity contribution in [2.45, 2.75) is 12.3 Å². The molecule has 2 aromatic rings. The predicted octanol–water partition coefficient (Wildman–Crippen LogP) is 3.04. The van der Waals surface area contributed by atoms with Gasteiger partial charge < -0.3 is 10.1 Å². The molecular weight excluding hydrogens is 412 g/mol. The minimum Gasteiger partial charge on any atom is -0.488 e. The van der Waals surface area contributed by atoms with Crippen LogP contribution in [-0.4, -0.2) is 28.0 Å². The van der Waals surface area contributed by atoms with Crippen molar-refractivity contribution in [1.82, 2.24) is 10.0 Å². The van der Waals surface area contributed by atoms with Gasteiger partial charge in [-0.1, -0.05) is 41.9 Å². The average molecular weight is 433 g/mol. The first-order chi connectivity index (χ1) is 13.8. The van der Waals surface area contributed by atoms with Crippen molar-refractivity contribution in [3.05, 3.63) is 81.9 Å². The Bertz CT molecular complexity index is 1060. The van der Waals surface area contributed by atoms with Crippen LogP contribution in [0.2, 0.25) is 5.02 Å². The topological polar surface area (TPSA) is 84.5 Å². The summed E-state index contributed by atoms with van der Waals surface area (Å²) in [5.74, 6) is 0.455. The summed E-state index contributed by atoms with van der Waals surface area (Å²) in [6.07, 6.45) is 5.11. The number of fused-ring (bicyclic) bond motifs is 1. The van der Waals surface area contributed by atoms with Crippen molar-refractivity contribution >= 4 is 33.6 Å². The second kappa shape index (κ2) is 9.26. The number of ether oxygens (including phenoxy) is 1. The van der Waals surface area contributed by atoms with E-state index in [9.17, 15) is 13.2 Å². The fourth-order valence-corrected chi connectivity index (χ4v) is 3.69. The molecule has 3 rings (SSSR count). The molecule has 29 heavy (non-hydrogen) atoms. The molecule has 0 bridgehead atoms. The van der Waals surface area contributed by atoms with E-state index in [1.54, 1.807) is 36.4 Å². The number of benzene rings is 2. The number of carbonyl (C=O) groups is 1. The van der Waals surface area contributed by atoms with Gasteiger partial charge >= 0.3 is 0 Å². The van der Waals surface area contributed by atoms with Crippen LogP contribution in [0.1, 0.15) is 16.7 Å². The van der Waals surface area contributed by atoms with Gasteiger partial charge in [0.25, 0.3) is 0 Å². The number of halogens is 1. The monoisotopic (exact) mass is 432 g/mol. The lowest BCUT2D eigenvalue weighted by atomic mass is 10.1. The molecule has 152 valence electrons. The van der Waals surface area contributed by atoms with Crippen molar-refractivity contribution in [2.75, 3.05) is 13.7 Å². The second-order valence-electron chi connectivity index (χ2n) is 6.52. The van der Waals surface area contributed by atoms with Crippen LogP contribution >= 0.6 is 11.6 Å². The molecule has 0 aromatic heterocycles. The zero-order chi connectivity index (χ0) is 20.9. The molecule has 2 N–H and O–H groups in total. The third kappa shape index (κ3) is 6.19. The van der Waals surface area contributed by atoms with Crippen molar-refractivity contribution in [3.63, 3.8) is 0 Å². The van der Waals surface area contributed by atoms with Crippen LogP contribution in [0.25, 0.3) is 6.08 Å². The molecule has 0 radical (unpaired) electrons. The first kappa shape index (κ1) is 21.1. The van der Waals surface area contributed by atoms with Crippen LogP contribution in [0.3, 0.4) is 0 Å². The minimum atomic E-state index is -3.30. The van der Waals surface area contributed by atoms with Crippen LogP contribution in [0.5, 0.6) is 5.75 Å². The summed E-state index contributed by atoms with van der Waals surface area (Å²) in [6.45, 7) is 0.728. The number of sulfonamides is 1. The minimum absolute atomic E-state index is 0.0790. The van der Waals surface area contributed by atoms with Gasteiger partial charge in [0.1, 0.15) is 12.4 Å². The Hall–Kier alpha value is -2.61. The number of rotatable bonds is 7. The van der Waals surface area contributed by atoms with E-state index in [-0.39, 0.29) is 11.7 Å². The predicted molar refractivity (Wildman–Crippen MR) is 114 cm³/mol. The van der Waals surface area contributed by atoms with Gasteiger partial charge in [-0.2, -0.15) is 0 Å². The number of hydrogen-bond donors (Lipinski definition) is 2. The van der Waals surface area contributed by atoms with Gasteiger partial charge in [0.15, 0.2) is 0 Å². The molecule has 0 atom stereocenters. The highest BCUT2D eigenvalue weighted by Gasteiger charge is 2.11. The fraction of sp³-hybridized carbons (Fsp3) is 0.190. The molecule has 1 aliphatic heterocycles. The van der Waals surface area contributed by atoms with Gasteiger partial charge in [0, 0.05) is 23.2 Å². The number of amides is 1. The van der Waals surface area contributed by atoms with Gasteiger partial charge in [-0.3, -0.25) is 4.79 Å². The van der Waals surface area contributed by atoms with E-state index in [2.05, 4.69) is 10.0 Å². The van der Waals surface area contributed by atoms with E-state index in [1.165, 1.54) is 13.1 Å². The first-order valence-corrected chi connectivity index (χ1v) is 11.0. The first-order valence-electron chi connectivity index (χ1n) is 8.92. The van der Waals surface area contributed by atoms with E-state index in [0.29, 0.717) is 23.7 Å². The Morgan fingerprint density at radius 3 is 2.62 bits per heavy atom. The summed E-state index contributed by atoms with van der Waals surface area (Å²) >= 11 is 6.00. The molecule has 0 saturated heterocycles. The van der Waals surface area contributed by atoms with Gasteiger partial charge in [-0.15, -0.1) is 0 Å². The highest BCUT2D eigenvalue weighted by Crippen LogP contribution is 2.29. The Morgan fingerprint density at radius 2 is 1.90 bits per heavy atom. The van der Waals surface area contributed by atoms with Gasteiger partial charge in [0.05, 0.1) is 5.75 Å². The third-order valence-corrected chi connectivity index (χ3v) is 5.88. The fourth-order valence-electron chi connectivity index (χ4n) is 2.74. The maximum Gasteiger partial charge on any atom is 0.244 e. The number of carbonyl (C=O) groups excluding carboxylic acids is 1. The van der Waals surface area contributed by atoms with Crippen molar-refractivity contribution in [3.8, 4) is 5.75 Å². The molecule has 1 amide bonds. The summed E-state index contributed by atoms with van der Waals surface area (Å²) in [6, 6.07) is 12.5. The van der Waals surface area contributed by atoms with Gasteiger partial charge in [0.2, 0.25) is 15.9 Å². The molecule has 2 aromatic carbocycles. The smallest absolute Gasteiger partial charge is 0.244 e. The average Bonchev–Trinajstić information content (AvgIpc) is 2.71. The zero-order valence-electron chi connectivity index (χ0n) is 15.8. The Labute approximate surface area is 175 Å². The van der Waals surface area contributed by atoms with Crippen molar-refractivity contribution < 1.29 is 17.9 Å². The molecule has 6 nitrogen and oxygen atoms in total. The van der Waals surface area contributed by atoms with Crippen molar-refractivity contribution in [1.29, 1.82) is 0 Å². The summed E-state index contributed by atoms with van der Waals surface area (Å²) in [5, 5.41) is 3.43. The summed E-state index contributed by atoms with van der Waals surface area (Å²) < 4.78 is 31.1. The molecule has 0 unspecified atom stereocenters. The van der Waals surface area contributed by atoms with Crippen LogP contribution in [0.4, 0.5) is 0 Å². The van der Waals surface area contributed by atoms with E-state index < -0.39 is 10.0 Å². The van der Waals surface area contributed by atoms with Crippen LogP contribution in [0.15, 0.2) is 60.2 Å². The largest absolute Gasteiger partial charge is 0.488 e. The van der Waals surface area contributed by atoms with Crippen molar-refractivity contribution in [2.24, 2.45) is 0 Å².